The first-order chi connectivity index (χ1) is 10.9. The number of amides is 1. The van der Waals surface area contributed by atoms with Crippen molar-refractivity contribution in [2.45, 2.75) is 4.21 Å². The van der Waals surface area contributed by atoms with Crippen LogP contribution in [0.4, 0.5) is 5.69 Å². The Labute approximate surface area is 141 Å². The molecule has 0 atom stereocenters. The number of hydrogen-bond acceptors (Lipinski definition) is 7. The van der Waals surface area contributed by atoms with E-state index in [-0.39, 0.29) is 15.6 Å². The average molecular weight is 374 g/mol. The van der Waals surface area contributed by atoms with Gasteiger partial charge in [0.15, 0.2) is 0 Å². The van der Waals surface area contributed by atoms with Gasteiger partial charge in [0.2, 0.25) is 5.91 Å². The van der Waals surface area contributed by atoms with E-state index >= 15 is 0 Å². The van der Waals surface area contributed by atoms with Crippen molar-refractivity contribution in [1.29, 1.82) is 0 Å². The van der Waals surface area contributed by atoms with Crippen LogP contribution in [0.5, 0.6) is 0 Å². The van der Waals surface area contributed by atoms with Gasteiger partial charge in [0.25, 0.3) is 10.0 Å². The summed E-state index contributed by atoms with van der Waals surface area (Å²) in [6.45, 7) is -0.364. The number of rotatable bonds is 6. The number of carbonyl (C=O) groups is 2. The molecule has 0 saturated carbocycles. The molecule has 1 N–H and O–H groups in total. The fraction of sp³-hybridized carbons (Fsp3) is 0.231. The molecule has 124 valence electrons. The van der Waals surface area contributed by atoms with Crippen LogP contribution in [0.2, 0.25) is 0 Å². The molecule has 0 aliphatic heterocycles. The van der Waals surface area contributed by atoms with Crippen LogP contribution in [0.25, 0.3) is 0 Å². The number of methoxy groups -OCH3 is 1. The number of thiophene rings is 2. The van der Waals surface area contributed by atoms with Crippen molar-refractivity contribution in [2.24, 2.45) is 0 Å². The zero-order chi connectivity index (χ0) is 17.0. The Balaban J connectivity index is 2.06. The number of carbonyl (C=O) groups excluding carboxylic acids is 2. The largest absolute Gasteiger partial charge is 0.465 e. The summed E-state index contributed by atoms with van der Waals surface area (Å²) in [6, 6.07) is 4.66. The fourth-order valence-electron chi connectivity index (χ4n) is 1.70. The average Bonchev–Trinajstić information content (AvgIpc) is 3.17. The molecule has 0 aliphatic rings. The van der Waals surface area contributed by atoms with Gasteiger partial charge in [-0.15, -0.1) is 22.7 Å². The minimum Gasteiger partial charge on any atom is -0.465 e. The maximum Gasteiger partial charge on any atom is 0.350 e. The molecule has 23 heavy (non-hydrogen) atoms. The molecule has 0 radical (unpaired) electrons. The topological polar surface area (TPSA) is 92.8 Å². The van der Waals surface area contributed by atoms with Crippen molar-refractivity contribution in [3.8, 4) is 0 Å². The number of ether oxygens (including phenoxy) is 1. The number of esters is 1. The maximum absolute atomic E-state index is 12.2. The first-order valence-electron chi connectivity index (χ1n) is 6.31. The van der Waals surface area contributed by atoms with E-state index in [1.807, 2.05) is 0 Å². The Morgan fingerprint density at radius 1 is 1.26 bits per heavy atom. The Morgan fingerprint density at radius 2 is 2.00 bits per heavy atom. The van der Waals surface area contributed by atoms with Crippen LogP contribution in [0.1, 0.15) is 9.67 Å². The second kappa shape index (κ2) is 7.21. The minimum absolute atomic E-state index is 0.165. The Kier molecular flexibility index (Phi) is 5.52. The molecule has 2 heterocycles. The van der Waals surface area contributed by atoms with E-state index < -0.39 is 21.9 Å². The third kappa shape index (κ3) is 3.96. The van der Waals surface area contributed by atoms with Gasteiger partial charge >= 0.3 is 5.97 Å². The van der Waals surface area contributed by atoms with Gasteiger partial charge in [-0.05, 0) is 22.9 Å². The third-order valence-corrected chi connectivity index (χ3v) is 6.91. The number of anilines is 1. The predicted molar refractivity (Wildman–Crippen MR) is 88.4 cm³/mol. The minimum atomic E-state index is -3.70. The molecule has 0 saturated heterocycles. The van der Waals surface area contributed by atoms with E-state index in [0.717, 1.165) is 27.0 Å². The molecule has 0 fully saturated rings. The second-order valence-corrected chi connectivity index (χ2v) is 8.53. The summed E-state index contributed by atoms with van der Waals surface area (Å²) in [4.78, 5) is 23.8. The van der Waals surface area contributed by atoms with Gasteiger partial charge < -0.3 is 10.1 Å². The number of nitrogens with zero attached hydrogens (tertiary/aromatic N) is 1. The van der Waals surface area contributed by atoms with E-state index in [9.17, 15) is 18.0 Å². The number of likely N-dealkylation sites (N-methyl/N-ethyl adjacent to an activating group) is 1. The summed E-state index contributed by atoms with van der Waals surface area (Å²) >= 11 is 2.21. The molecule has 2 aromatic heterocycles. The van der Waals surface area contributed by atoms with Crippen LogP contribution in [-0.4, -0.2) is 45.3 Å². The third-order valence-electron chi connectivity index (χ3n) is 2.84. The lowest BCUT2D eigenvalue weighted by molar-refractivity contribution is -0.116. The zero-order valence-electron chi connectivity index (χ0n) is 12.3. The van der Waals surface area contributed by atoms with Crippen molar-refractivity contribution >= 4 is 50.3 Å². The maximum atomic E-state index is 12.2. The van der Waals surface area contributed by atoms with E-state index in [1.54, 1.807) is 22.9 Å². The van der Waals surface area contributed by atoms with Crippen molar-refractivity contribution in [3.05, 3.63) is 33.8 Å². The lowest BCUT2D eigenvalue weighted by Gasteiger charge is -2.15. The van der Waals surface area contributed by atoms with Crippen LogP contribution < -0.4 is 5.32 Å². The normalized spacial score (nSPS) is 11.4. The van der Waals surface area contributed by atoms with E-state index in [0.29, 0.717) is 5.69 Å². The summed E-state index contributed by atoms with van der Waals surface area (Å²) in [6.07, 6.45) is 0. The van der Waals surface area contributed by atoms with Crippen LogP contribution in [0, 0.1) is 0 Å². The quantitative estimate of drug-likeness (QED) is 0.779. The molecule has 2 rings (SSSR count). The first kappa shape index (κ1) is 17.6. The molecule has 0 spiro atoms. The highest BCUT2D eigenvalue weighted by molar-refractivity contribution is 7.91. The zero-order valence-corrected chi connectivity index (χ0v) is 14.8. The number of nitrogens with one attached hydrogen (secondary N) is 1. The van der Waals surface area contributed by atoms with E-state index in [1.165, 1.54) is 20.2 Å². The lowest BCUT2D eigenvalue weighted by atomic mass is 10.4. The molecule has 7 nitrogen and oxygen atoms in total. The van der Waals surface area contributed by atoms with Crippen molar-refractivity contribution < 1.29 is 22.7 Å². The summed E-state index contributed by atoms with van der Waals surface area (Å²) in [5.74, 6) is -1.11. The van der Waals surface area contributed by atoms with Gasteiger partial charge in [0, 0.05) is 7.05 Å². The van der Waals surface area contributed by atoms with E-state index in [2.05, 4.69) is 10.1 Å². The Hall–Kier alpha value is -1.75. The number of sulfonamides is 1. The smallest absolute Gasteiger partial charge is 0.350 e. The molecule has 1 amide bonds. The summed E-state index contributed by atoms with van der Waals surface area (Å²) in [5.41, 5.74) is 0.300. The monoisotopic (exact) mass is 374 g/mol. The van der Waals surface area contributed by atoms with Crippen LogP contribution in [0.3, 0.4) is 0 Å². The van der Waals surface area contributed by atoms with Crippen LogP contribution in [0.15, 0.2) is 33.2 Å². The SMILES string of the molecule is COC(=O)c1sccc1NC(=O)CN(C)S(=O)(=O)c1cccs1. The highest BCUT2D eigenvalue weighted by atomic mass is 32.2. The van der Waals surface area contributed by atoms with E-state index in [4.69, 9.17) is 0 Å². The van der Waals surface area contributed by atoms with Gasteiger partial charge in [-0.3, -0.25) is 4.79 Å². The summed E-state index contributed by atoms with van der Waals surface area (Å²) < 4.78 is 30.2. The fourth-order valence-corrected chi connectivity index (χ4v) is 4.79. The summed E-state index contributed by atoms with van der Waals surface area (Å²) in [5, 5.41) is 5.80. The first-order valence-corrected chi connectivity index (χ1v) is 9.51. The summed E-state index contributed by atoms with van der Waals surface area (Å²) in [7, 11) is -1.13. The Morgan fingerprint density at radius 3 is 2.61 bits per heavy atom. The molecule has 0 bridgehead atoms. The van der Waals surface area contributed by atoms with Crippen LogP contribution >= 0.6 is 22.7 Å². The van der Waals surface area contributed by atoms with Crippen molar-refractivity contribution in [1.82, 2.24) is 4.31 Å². The van der Waals surface area contributed by atoms with Crippen LogP contribution in [-0.2, 0) is 19.6 Å². The van der Waals surface area contributed by atoms with Gasteiger partial charge in [0.05, 0.1) is 19.3 Å². The second-order valence-electron chi connectivity index (χ2n) is 4.40. The molecule has 10 heteroatoms. The lowest BCUT2D eigenvalue weighted by Crippen LogP contribution is -2.34. The highest BCUT2D eigenvalue weighted by Crippen LogP contribution is 2.23. The standard InChI is InChI=1S/C13H14N2O5S3/c1-15(23(18,19)11-4-3-6-21-11)8-10(16)14-9-5-7-22-12(9)13(17)20-2/h3-7H,8H2,1-2H3,(H,14,16). The predicted octanol–water partition coefficient (Wildman–Crippen LogP) is 1.86. The molecular formula is C13H14N2O5S3. The molecular weight excluding hydrogens is 360 g/mol. The Bertz CT molecular complexity index is 795. The van der Waals surface area contributed by atoms with Crippen molar-refractivity contribution in [3.63, 3.8) is 0 Å². The highest BCUT2D eigenvalue weighted by Gasteiger charge is 2.24. The van der Waals surface area contributed by atoms with Crippen molar-refractivity contribution in [2.75, 3.05) is 26.0 Å². The molecule has 2 aromatic rings. The van der Waals surface area contributed by atoms with Gasteiger partial charge in [0.1, 0.15) is 9.09 Å². The molecule has 0 aromatic carbocycles. The van der Waals surface area contributed by atoms with Gasteiger partial charge in [-0.1, -0.05) is 6.07 Å². The number of hydrogen-bond donors (Lipinski definition) is 1. The molecule has 0 unspecified atom stereocenters. The molecule has 0 aliphatic carbocycles. The van der Waals surface area contributed by atoms with Gasteiger partial charge in [-0.2, -0.15) is 4.31 Å². The van der Waals surface area contributed by atoms with Gasteiger partial charge in [-0.25, -0.2) is 13.2 Å².